The van der Waals surface area contributed by atoms with E-state index in [1.165, 1.54) is 0 Å². The zero-order chi connectivity index (χ0) is 18.6. The first kappa shape index (κ1) is 18.5. The lowest BCUT2D eigenvalue weighted by atomic mass is 10.1. The number of hydrogen-bond donors (Lipinski definition) is 0. The third kappa shape index (κ3) is 4.07. The Morgan fingerprint density at radius 2 is 1.65 bits per heavy atom. The summed E-state index contributed by atoms with van der Waals surface area (Å²) in [5.74, 6) is 0.589. The Balaban J connectivity index is 1.55. The first-order valence-electron chi connectivity index (χ1n) is 8.73. The number of ether oxygens (including phenoxy) is 1. The number of benzene rings is 2. The Labute approximate surface area is 154 Å². The van der Waals surface area contributed by atoms with E-state index in [1.54, 1.807) is 35.2 Å². The van der Waals surface area contributed by atoms with Gasteiger partial charge in [-0.25, -0.2) is 8.42 Å². The highest BCUT2D eigenvalue weighted by Crippen LogP contribution is 2.24. The molecule has 6 heteroatoms. The number of hydrogen-bond acceptors (Lipinski definition) is 4. The molecule has 0 saturated carbocycles. The van der Waals surface area contributed by atoms with Gasteiger partial charge in [-0.05, 0) is 43.5 Å². The number of likely N-dealkylation sites (tertiary alicyclic amines) is 1. The van der Waals surface area contributed by atoms with Crippen LogP contribution in [0.1, 0.15) is 18.4 Å². The van der Waals surface area contributed by atoms with Crippen LogP contribution in [0.4, 0.5) is 0 Å². The SMILES string of the molecule is Cc1ccccc1OCC(=O)N1CCC(S(=O)(=O)c2ccccc2)CC1. The molecule has 138 valence electrons. The number of amides is 1. The van der Waals surface area contributed by atoms with Gasteiger partial charge in [-0.3, -0.25) is 4.79 Å². The molecule has 0 bridgehead atoms. The van der Waals surface area contributed by atoms with Crippen LogP contribution in [0.5, 0.6) is 5.75 Å². The van der Waals surface area contributed by atoms with Gasteiger partial charge in [-0.1, -0.05) is 36.4 Å². The van der Waals surface area contributed by atoms with Gasteiger partial charge in [0.15, 0.2) is 16.4 Å². The zero-order valence-corrected chi connectivity index (χ0v) is 15.6. The number of aryl methyl sites for hydroxylation is 1. The van der Waals surface area contributed by atoms with Crippen LogP contribution in [0.3, 0.4) is 0 Å². The molecule has 0 atom stereocenters. The van der Waals surface area contributed by atoms with Gasteiger partial charge in [-0.2, -0.15) is 0 Å². The molecule has 2 aromatic rings. The standard InChI is InChI=1S/C20H23NO4S/c1-16-7-5-6-10-19(16)25-15-20(22)21-13-11-18(12-14-21)26(23,24)17-8-3-2-4-9-17/h2-10,18H,11-15H2,1H3. The minimum absolute atomic E-state index is 0.0268. The molecular formula is C20H23NO4S. The first-order chi connectivity index (χ1) is 12.5. The van der Waals surface area contributed by atoms with Crippen LogP contribution in [0.2, 0.25) is 0 Å². The van der Waals surface area contributed by atoms with Gasteiger partial charge in [0, 0.05) is 13.1 Å². The Kier molecular flexibility index (Phi) is 5.61. The van der Waals surface area contributed by atoms with Gasteiger partial charge >= 0.3 is 0 Å². The van der Waals surface area contributed by atoms with E-state index in [0.717, 1.165) is 5.56 Å². The van der Waals surface area contributed by atoms with E-state index in [2.05, 4.69) is 0 Å². The third-order valence-electron chi connectivity index (χ3n) is 4.75. The molecule has 0 unspecified atom stereocenters. The minimum Gasteiger partial charge on any atom is -0.484 e. The maximum absolute atomic E-state index is 12.7. The van der Waals surface area contributed by atoms with E-state index < -0.39 is 15.1 Å². The van der Waals surface area contributed by atoms with Crippen LogP contribution in [0.15, 0.2) is 59.5 Å². The minimum atomic E-state index is -3.34. The maximum atomic E-state index is 12.7. The van der Waals surface area contributed by atoms with E-state index in [9.17, 15) is 13.2 Å². The molecular weight excluding hydrogens is 350 g/mol. The molecule has 0 aromatic heterocycles. The van der Waals surface area contributed by atoms with Gasteiger partial charge in [0.1, 0.15) is 5.75 Å². The van der Waals surface area contributed by atoms with E-state index >= 15 is 0 Å². The summed E-state index contributed by atoms with van der Waals surface area (Å²) in [5.41, 5.74) is 0.980. The highest BCUT2D eigenvalue weighted by atomic mass is 32.2. The van der Waals surface area contributed by atoms with Crippen LogP contribution in [0.25, 0.3) is 0 Å². The summed E-state index contributed by atoms with van der Waals surface area (Å²) in [4.78, 5) is 14.4. The van der Waals surface area contributed by atoms with Crippen molar-refractivity contribution >= 4 is 15.7 Å². The van der Waals surface area contributed by atoms with Gasteiger partial charge in [-0.15, -0.1) is 0 Å². The molecule has 0 aliphatic carbocycles. The van der Waals surface area contributed by atoms with Gasteiger partial charge in [0.25, 0.3) is 5.91 Å². The zero-order valence-electron chi connectivity index (χ0n) is 14.8. The van der Waals surface area contributed by atoms with Crippen molar-refractivity contribution in [3.63, 3.8) is 0 Å². The summed E-state index contributed by atoms with van der Waals surface area (Å²) in [6.45, 7) is 2.78. The molecule has 5 nitrogen and oxygen atoms in total. The topological polar surface area (TPSA) is 63.7 Å². The monoisotopic (exact) mass is 373 g/mol. The molecule has 0 radical (unpaired) electrons. The lowest BCUT2D eigenvalue weighted by molar-refractivity contribution is -0.134. The molecule has 2 aromatic carbocycles. The summed E-state index contributed by atoms with van der Waals surface area (Å²) in [6.07, 6.45) is 0.903. The molecule has 1 amide bonds. The van der Waals surface area contributed by atoms with Crippen molar-refractivity contribution in [1.29, 1.82) is 0 Å². The molecule has 1 heterocycles. The average molecular weight is 373 g/mol. The summed E-state index contributed by atoms with van der Waals surface area (Å²) in [7, 11) is -3.34. The third-order valence-corrected chi connectivity index (χ3v) is 7.03. The van der Waals surface area contributed by atoms with E-state index in [-0.39, 0.29) is 12.5 Å². The number of nitrogens with zero attached hydrogens (tertiary/aromatic N) is 1. The van der Waals surface area contributed by atoms with Crippen molar-refractivity contribution in [1.82, 2.24) is 4.90 Å². The van der Waals surface area contributed by atoms with Crippen molar-refractivity contribution in [3.8, 4) is 5.75 Å². The number of sulfone groups is 1. The molecule has 3 rings (SSSR count). The first-order valence-corrected chi connectivity index (χ1v) is 10.3. The van der Waals surface area contributed by atoms with Crippen molar-refractivity contribution in [3.05, 3.63) is 60.2 Å². The quantitative estimate of drug-likeness (QED) is 0.808. The molecule has 1 aliphatic heterocycles. The van der Waals surface area contributed by atoms with Crippen molar-refractivity contribution in [2.75, 3.05) is 19.7 Å². The van der Waals surface area contributed by atoms with Crippen molar-refractivity contribution in [2.24, 2.45) is 0 Å². The fraction of sp³-hybridized carbons (Fsp3) is 0.350. The second-order valence-corrected chi connectivity index (χ2v) is 8.72. The summed E-state index contributed by atoms with van der Waals surface area (Å²) < 4.78 is 31.0. The predicted octanol–water partition coefficient (Wildman–Crippen LogP) is 2.84. The van der Waals surface area contributed by atoms with E-state index in [0.29, 0.717) is 36.6 Å². The van der Waals surface area contributed by atoms with E-state index in [1.807, 2.05) is 31.2 Å². The van der Waals surface area contributed by atoms with Crippen LogP contribution in [0, 0.1) is 6.92 Å². The summed E-state index contributed by atoms with van der Waals surface area (Å²) in [6, 6.07) is 16.1. The molecule has 1 saturated heterocycles. The van der Waals surface area contributed by atoms with Crippen LogP contribution < -0.4 is 4.74 Å². The smallest absolute Gasteiger partial charge is 0.260 e. The Hall–Kier alpha value is -2.34. The van der Waals surface area contributed by atoms with E-state index in [4.69, 9.17) is 4.74 Å². The second-order valence-electron chi connectivity index (χ2n) is 6.49. The fourth-order valence-electron chi connectivity index (χ4n) is 3.17. The summed E-state index contributed by atoms with van der Waals surface area (Å²) in [5, 5.41) is -0.439. The molecule has 0 N–H and O–H groups in total. The normalized spacial score (nSPS) is 15.7. The van der Waals surface area contributed by atoms with Crippen LogP contribution in [-0.4, -0.2) is 44.2 Å². The number of carbonyl (C=O) groups is 1. The number of para-hydroxylation sites is 1. The second kappa shape index (κ2) is 7.91. The fourth-order valence-corrected chi connectivity index (χ4v) is 4.92. The van der Waals surface area contributed by atoms with Gasteiger partial charge < -0.3 is 9.64 Å². The van der Waals surface area contributed by atoms with Crippen LogP contribution >= 0.6 is 0 Å². The highest BCUT2D eigenvalue weighted by molar-refractivity contribution is 7.92. The Morgan fingerprint density at radius 3 is 2.31 bits per heavy atom. The summed E-state index contributed by atoms with van der Waals surface area (Å²) >= 11 is 0. The van der Waals surface area contributed by atoms with Gasteiger partial charge in [0.2, 0.25) is 0 Å². The highest BCUT2D eigenvalue weighted by Gasteiger charge is 2.32. The predicted molar refractivity (Wildman–Crippen MR) is 99.9 cm³/mol. The Bertz CT molecular complexity index is 856. The number of rotatable bonds is 5. The number of carbonyl (C=O) groups excluding carboxylic acids is 1. The molecule has 1 fully saturated rings. The average Bonchev–Trinajstić information content (AvgIpc) is 2.68. The Morgan fingerprint density at radius 1 is 1.04 bits per heavy atom. The van der Waals surface area contributed by atoms with Crippen molar-refractivity contribution in [2.45, 2.75) is 29.9 Å². The largest absolute Gasteiger partial charge is 0.484 e. The number of piperidine rings is 1. The molecule has 0 spiro atoms. The lowest BCUT2D eigenvalue weighted by Gasteiger charge is -2.31. The van der Waals surface area contributed by atoms with Gasteiger partial charge in [0.05, 0.1) is 10.1 Å². The van der Waals surface area contributed by atoms with Crippen molar-refractivity contribution < 1.29 is 17.9 Å². The molecule has 26 heavy (non-hydrogen) atoms. The van der Waals surface area contributed by atoms with Crippen LogP contribution in [-0.2, 0) is 14.6 Å². The lowest BCUT2D eigenvalue weighted by Crippen LogP contribution is -2.44. The molecule has 1 aliphatic rings. The maximum Gasteiger partial charge on any atom is 0.260 e.